The van der Waals surface area contributed by atoms with Crippen molar-refractivity contribution in [3.8, 4) is 0 Å². The minimum Gasteiger partial charge on any atom is -0.411 e. The minimum atomic E-state index is 0.374. The summed E-state index contributed by atoms with van der Waals surface area (Å²) < 4.78 is 0. The van der Waals surface area contributed by atoms with Gasteiger partial charge in [0.05, 0.1) is 5.71 Å². The Morgan fingerprint density at radius 3 is 2.43 bits per heavy atom. The van der Waals surface area contributed by atoms with Crippen molar-refractivity contribution in [2.45, 2.75) is 6.42 Å². The fraction of sp³-hybridized carbons (Fsp3) is 0.100. The lowest BCUT2D eigenvalue weighted by atomic mass is 10.1. The lowest BCUT2D eigenvalue weighted by molar-refractivity contribution is 0.318. The van der Waals surface area contributed by atoms with Crippen LogP contribution in [0.1, 0.15) is 5.56 Å². The first kappa shape index (κ1) is 11.1. The number of hydrogen-bond donors (Lipinski definition) is 1. The van der Waals surface area contributed by atoms with Crippen LogP contribution in [0.3, 0.4) is 0 Å². The molecule has 1 rings (SSSR count). The molecule has 0 spiro atoms. The highest BCUT2D eigenvalue weighted by atomic mass is 35.5. The fourth-order valence-corrected chi connectivity index (χ4v) is 1.56. The molecule has 0 bridgehead atoms. The Bertz CT molecular complexity index is 354. The Kier molecular flexibility index (Phi) is 3.98. The van der Waals surface area contributed by atoms with Gasteiger partial charge in [-0.05, 0) is 23.8 Å². The van der Waals surface area contributed by atoms with Crippen LogP contribution in [0.15, 0.2) is 36.0 Å². The molecule has 1 aromatic rings. The second-order valence-corrected chi connectivity index (χ2v) is 3.49. The van der Waals surface area contributed by atoms with E-state index < -0.39 is 0 Å². The van der Waals surface area contributed by atoms with Crippen molar-refractivity contribution in [3.63, 3.8) is 0 Å². The van der Waals surface area contributed by atoms with Crippen LogP contribution >= 0.6 is 23.2 Å². The fourth-order valence-electron chi connectivity index (χ4n) is 1.03. The first-order valence-corrected chi connectivity index (χ1v) is 4.71. The smallest absolute Gasteiger partial charge is 0.0834 e. The van der Waals surface area contributed by atoms with Gasteiger partial charge >= 0.3 is 0 Å². The number of halogens is 2. The van der Waals surface area contributed by atoms with Crippen molar-refractivity contribution in [1.82, 2.24) is 0 Å². The first-order chi connectivity index (χ1) is 6.69. The van der Waals surface area contributed by atoms with Crippen LogP contribution in [0.5, 0.6) is 0 Å². The topological polar surface area (TPSA) is 32.6 Å². The highest BCUT2D eigenvalue weighted by Crippen LogP contribution is 2.24. The molecule has 0 aliphatic carbocycles. The third-order valence-electron chi connectivity index (χ3n) is 1.78. The molecule has 0 saturated carbocycles. The highest BCUT2D eigenvalue weighted by molar-refractivity contribution is 6.36. The van der Waals surface area contributed by atoms with E-state index in [1.807, 2.05) is 0 Å². The lowest BCUT2D eigenvalue weighted by Gasteiger charge is -2.05. The summed E-state index contributed by atoms with van der Waals surface area (Å²) in [6.45, 7) is 3.51. The van der Waals surface area contributed by atoms with Crippen molar-refractivity contribution in [3.05, 3.63) is 46.5 Å². The zero-order chi connectivity index (χ0) is 10.6. The number of rotatable bonds is 3. The predicted octanol–water partition coefficient (Wildman–Crippen LogP) is 3.55. The van der Waals surface area contributed by atoms with E-state index in [9.17, 15) is 0 Å². The molecular formula is C10H9Cl2NO. The number of nitrogens with zero attached hydrogens (tertiary/aromatic N) is 1. The maximum absolute atomic E-state index is 8.60. The molecule has 4 heteroatoms. The Morgan fingerprint density at radius 2 is 2.00 bits per heavy atom. The zero-order valence-electron chi connectivity index (χ0n) is 7.37. The number of allylic oxidation sites excluding steroid dienone is 1. The second-order valence-electron chi connectivity index (χ2n) is 2.67. The van der Waals surface area contributed by atoms with Crippen LogP contribution in [-0.4, -0.2) is 10.9 Å². The largest absolute Gasteiger partial charge is 0.411 e. The number of oxime groups is 1. The molecule has 0 atom stereocenters. The van der Waals surface area contributed by atoms with Crippen molar-refractivity contribution < 1.29 is 5.21 Å². The Labute approximate surface area is 92.5 Å². The maximum Gasteiger partial charge on any atom is 0.0834 e. The van der Waals surface area contributed by atoms with E-state index in [1.165, 1.54) is 6.08 Å². The molecule has 2 nitrogen and oxygen atoms in total. The summed E-state index contributed by atoms with van der Waals surface area (Å²) in [5.74, 6) is 0. The number of hydrogen-bond acceptors (Lipinski definition) is 2. The van der Waals surface area contributed by atoms with E-state index in [1.54, 1.807) is 18.2 Å². The SMILES string of the molecule is C=CC(Cc1c(Cl)cccc1Cl)=NO. The summed E-state index contributed by atoms with van der Waals surface area (Å²) in [4.78, 5) is 0. The minimum absolute atomic E-state index is 0.374. The standard InChI is InChI=1S/C10H9Cl2NO/c1-2-7(13-14)6-8-9(11)4-3-5-10(8)12/h2-5,14H,1,6H2. The van der Waals surface area contributed by atoms with Crippen LogP contribution in [-0.2, 0) is 6.42 Å². The second kappa shape index (κ2) is 5.03. The Morgan fingerprint density at radius 1 is 1.43 bits per heavy atom. The van der Waals surface area contributed by atoms with E-state index in [4.69, 9.17) is 28.4 Å². The highest BCUT2D eigenvalue weighted by Gasteiger charge is 2.07. The van der Waals surface area contributed by atoms with Gasteiger partial charge in [0.2, 0.25) is 0 Å². The van der Waals surface area contributed by atoms with Gasteiger partial charge in [0.25, 0.3) is 0 Å². The van der Waals surface area contributed by atoms with Crippen LogP contribution in [0.2, 0.25) is 10.0 Å². The van der Waals surface area contributed by atoms with Crippen molar-refractivity contribution in [2.75, 3.05) is 0 Å². The summed E-state index contributed by atoms with van der Waals surface area (Å²) >= 11 is 11.9. The Balaban J connectivity index is 3.02. The van der Waals surface area contributed by atoms with Gasteiger partial charge in [-0.25, -0.2) is 0 Å². The molecule has 0 saturated heterocycles. The van der Waals surface area contributed by atoms with Gasteiger partial charge in [0.1, 0.15) is 0 Å². The summed E-state index contributed by atoms with van der Waals surface area (Å²) in [6, 6.07) is 5.24. The molecule has 0 aliphatic rings. The molecule has 14 heavy (non-hydrogen) atoms. The van der Waals surface area contributed by atoms with E-state index in [-0.39, 0.29) is 0 Å². The van der Waals surface area contributed by atoms with Crippen molar-refractivity contribution in [2.24, 2.45) is 5.16 Å². The molecule has 0 unspecified atom stereocenters. The van der Waals surface area contributed by atoms with Gasteiger partial charge in [-0.15, -0.1) is 0 Å². The third kappa shape index (κ3) is 2.50. The average Bonchev–Trinajstić information content (AvgIpc) is 2.18. The van der Waals surface area contributed by atoms with E-state index in [0.717, 1.165) is 5.56 Å². The molecule has 1 aromatic carbocycles. The van der Waals surface area contributed by atoms with Crippen LogP contribution < -0.4 is 0 Å². The molecular weight excluding hydrogens is 221 g/mol. The summed E-state index contributed by atoms with van der Waals surface area (Å²) in [7, 11) is 0. The molecule has 74 valence electrons. The monoisotopic (exact) mass is 229 g/mol. The molecule has 0 fully saturated rings. The van der Waals surface area contributed by atoms with E-state index in [0.29, 0.717) is 22.2 Å². The average molecular weight is 230 g/mol. The zero-order valence-corrected chi connectivity index (χ0v) is 8.89. The number of benzene rings is 1. The predicted molar refractivity (Wildman–Crippen MR) is 59.6 cm³/mol. The summed E-state index contributed by atoms with van der Waals surface area (Å²) in [5, 5.41) is 12.8. The normalized spacial score (nSPS) is 11.4. The molecule has 0 amide bonds. The maximum atomic E-state index is 8.60. The van der Waals surface area contributed by atoms with Crippen molar-refractivity contribution in [1.29, 1.82) is 0 Å². The van der Waals surface area contributed by atoms with Crippen molar-refractivity contribution >= 4 is 28.9 Å². The molecule has 1 N–H and O–H groups in total. The molecule has 0 heterocycles. The first-order valence-electron chi connectivity index (χ1n) is 3.95. The van der Waals surface area contributed by atoms with Crippen LogP contribution in [0.25, 0.3) is 0 Å². The molecule has 0 aromatic heterocycles. The lowest BCUT2D eigenvalue weighted by Crippen LogP contribution is -2.00. The van der Waals surface area contributed by atoms with Gasteiger partial charge in [0.15, 0.2) is 0 Å². The molecule has 0 radical (unpaired) electrons. The van der Waals surface area contributed by atoms with E-state index in [2.05, 4.69) is 11.7 Å². The van der Waals surface area contributed by atoms with Crippen LogP contribution in [0.4, 0.5) is 0 Å². The van der Waals surface area contributed by atoms with Gasteiger partial charge in [0, 0.05) is 16.5 Å². The van der Waals surface area contributed by atoms with Gasteiger partial charge in [-0.1, -0.05) is 41.0 Å². The van der Waals surface area contributed by atoms with Gasteiger partial charge in [-0.3, -0.25) is 0 Å². The van der Waals surface area contributed by atoms with Crippen LogP contribution in [0, 0.1) is 0 Å². The van der Waals surface area contributed by atoms with E-state index >= 15 is 0 Å². The van der Waals surface area contributed by atoms with Gasteiger partial charge in [-0.2, -0.15) is 0 Å². The molecule has 0 aliphatic heterocycles. The third-order valence-corrected chi connectivity index (χ3v) is 2.49. The van der Waals surface area contributed by atoms with Gasteiger partial charge < -0.3 is 5.21 Å². The summed E-state index contributed by atoms with van der Waals surface area (Å²) in [6.07, 6.45) is 1.83. The quantitative estimate of drug-likeness (QED) is 0.480. The summed E-state index contributed by atoms with van der Waals surface area (Å²) in [5.41, 5.74) is 1.17. The Hall–Kier alpha value is -0.990.